The van der Waals surface area contributed by atoms with Crippen LogP contribution in [-0.2, 0) is 0 Å². The molecule has 0 atom stereocenters. The molecule has 2 aromatic heterocycles. The number of rotatable bonds is 6. The summed E-state index contributed by atoms with van der Waals surface area (Å²) in [6.45, 7) is 0. The van der Waals surface area contributed by atoms with E-state index in [4.69, 9.17) is 0 Å². The summed E-state index contributed by atoms with van der Waals surface area (Å²) in [5.41, 5.74) is 12.6. The van der Waals surface area contributed by atoms with Crippen LogP contribution < -0.4 is 4.90 Å². The molecule has 10 aromatic carbocycles. The molecule has 0 aliphatic carbocycles. The van der Waals surface area contributed by atoms with Crippen molar-refractivity contribution in [2.45, 2.75) is 0 Å². The zero-order valence-corrected chi connectivity index (χ0v) is 32.2. The second kappa shape index (κ2) is 13.4. The van der Waals surface area contributed by atoms with Crippen LogP contribution in [-0.4, -0.2) is 9.13 Å². The van der Waals surface area contributed by atoms with Gasteiger partial charge in [-0.15, -0.1) is 0 Å². The number of benzene rings is 10. The highest BCUT2D eigenvalue weighted by Gasteiger charge is 2.21. The van der Waals surface area contributed by atoms with Gasteiger partial charge in [0.05, 0.1) is 27.8 Å². The molecule has 0 aliphatic rings. The van der Waals surface area contributed by atoms with Gasteiger partial charge >= 0.3 is 0 Å². The van der Waals surface area contributed by atoms with Crippen LogP contribution in [0, 0.1) is 0 Å². The molecule has 0 bridgehead atoms. The SMILES string of the molecule is c1ccc(-n2c3ccccc3c3ccc(-c4cc(N(c5ccc6ccccc6c5)c5cccc6ccccc56)cc(-n5c6ccccc6c6ccccc65)c4)cc32)cc1. The molecule has 0 fully saturated rings. The number of fused-ring (bicyclic) bond motifs is 8. The van der Waals surface area contributed by atoms with Crippen molar-refractivity contribution < 1.29 is 0 Å². The first-order valence-electron chi connectivity index (χ1n) is 20.3. The van der Waals surface area contributed by atoms with Crippen molar-refractivity contribution in [2.75, 3.05) is 4.90 Å². The van der Waals surface area contributed by atoms with E-state index in [0.29, 0.717) is 0 Å². The molecule has 2 heterocycles. The first-order valence-corrected chi connectivity index (χ1v) is 20.3. The summed E-state index contributed by atoms with van der Waals surface area (Å²) < 4.78 is 4.85. The van der Waals surface area contributed by atoms with Crippen LogP contribution in [0.4, 0.5) is 17.1 Å². The second-order valence-corrected chi connectivity index (χ2v) is 15.4. The topological polar surface area (TPSA) is 13.1 Å². The van der Waals surface area contributed by atoms with Gasteiger partial charge in [0.15, 0.2) is 0 Å². The molecule has 3 nitrogen and oxygen atoms in total. The van der Waals surface area contributed by atoms with Crippen LogP contribution in [0.1, 0.15) is 0 Å². The summed E-state index contributed by atoms with van der Waals surface area (Å²) in [5, 5.41) is 9.78. The zero-order valence-electron chi connectivity index (χ0n) is 32.2. The van der Waals surface area contributed by atoms with Crippen LogP contribution in [0.2, 0.25) is 0 Å². The molecule has 0 spiro atoms. The molecule has 59 heavy (non-hydrogen) atoms. The van der Waals surface area contributed by atoms with E-state index in [1.165, 1.54) is 65.2 Å². The van der Waals surface area contributed by atoms with E-state index in [1.54, 1.807) is 0 Å². The maximum Gasteiger partial charge on any atom is 0.0547 e. The molecule has 12 aromatic rings. The van der Waals surface area contributed by atoms with E-state index in [-0.39, 0.29) is 0 Å². The summed E-state index contributed by atoms with van der Waals surface area (Å²) in [4.78, 5) is 2.45. The number of anilines is 3. The fourth-order valence-electron chi connectivity index (χ4n) is 9.37. The van der Waals surface area contributed by atoms with E-state index >= 15 is 0 Å². The lowest BCUT2D eigenvalue weighted by Gasteiger charge is -2.28. The Balaban J connectivity index is 1.18. The van der Waals surface area contributed by atoms with Crippen molar-refractivity contribution in [1.29, 1.82) is 0 Å². The molecule has 0 amide bonds. The molecule has 0 N–H and O–H groups in total. The minimum absolute atomic E-state index is 1.08. The Labute approximate surface area is 341 Å². The summed E-state index contributed by atoms with van der Waals surface area (Å²) in [7, 11) is 0. The van der Waals surface area contributed by atoms with Crippen molar-refractivity contribution in [2.24, 2.45) is 0 Å². The van der Waals surface area contributed by atoms with Gasteiger partial charge in [-0.2, -0.15) is 0 Å². The number of aromatic nitrogens is 2. The van der Waals surface area contributed by atoms with Crippen LogP contribution in [0.5, 0.6) is 0 Å². The normalized spacial score (nSPS) is 11.7. The van der Waals surface area contributed by atoms with Gasteiger partial charge in [-0.25, -0.2) is 0 Å². The minimum Gasteiger partial charge on any atom is -0.310 e. The van der Waals surface area contributed by atoms with Crippen LogP contribution in [0.25, 0.3) is 87.7 Å². The number of para-hydroxylation sites is 4. The molecular weight excluding hydrogens is 715 g/mol. The average molecular weight is 752 g/mol. The first-order chi connectivity index (χ1) is 29.3. The van der Waals surface area contributed by atoms with Crippen molar-refractivity contribution in [1.82, 2.24) is 9.13 Å². The molecule has 0 unspecified atom stereocenters. The predicted molar refractivity (Wildman–Crippen MR) is 250 cm³/mol. The molecule has 0 radical (unpaired) electrons. The Kier molecular flexibility index (Phi) is 7.54. The summed E-state index contributed by atoms with van der Waals surface area (Å²) >= 11 is 0. The zero-order chi connectivity index (χ0) is 38.9. The minimum atomic E-state index is 1.08. The predicted octanol–water partition coefficient (Wildman–Crippen LogP) is 15.3. The monoisotopic (exact) mass is 751 g/mol. The van der Waals surface area contributed by atoms with Crippen molar-refractivity contribution in [3.05, 3.63) is 224 Å². The maximum absolute atomic E-state index is 2.45. The molecular formula is C56H37N3. The molecule has 276 valence electrons. The van der Waals surface area contributed by atoms with Crippen LogP contribution in [0.15, 0.2) is 224 Å². The lowest BCUT2D eigenvalue weighted by atomic mass is 10.00. The molecule has 0 saturated carbocycles. The van der Waals surface area contributed by atoms with Gasteiger partial charge in [0.25, 0.3) is 0 Å². The van der Waals surface area contributed by atoms with E-state index in [2.05, 4.69) is 238 Å². The smallest absolute Gasteiger partial charge is 0.0547 e. The van der Waals surface area contributed by atoms with Gasteiger partial charge in [0.1, 0.15) is 0 Å². The fraction of sp³-hybridized carbons (Fsp3) is 0. The van der Waals surface area contributed by atoms with Gasteiger partial charge in [0.2, 0.25) is 0 Å². The quantitative estimate of drug-likeness (QED) is 0.165. The van der Waals surface area contributed by atoms with E-state index < -0.39 is 0 Å². The van der Waals surface area contributed by atoms with Crippen LogP contribution >= 0.6 is 0 Å². The lowest BCUT2D eigenvalue weighted by Crippen LogP contribution is -2.11. The van der Waals surface area contributed by atoms with Gasteiger partial charge in [-0.3, -0.25) is 0 Å². The Morgan fingerprint density at radius 3 is 1.54 bits per heavy atom. The van der Waals surface area contributed by atoms with Gasteiger partial charge in [-0.05, 0) is 100 Å². The third-order valence-corrected chi connectivity index (χ3v) is 12.0. The Hall–Kier alpha value is -7.88. The highest BCUT2D eigenvalue weighted by Crippen LogP contribution is 2.44. The van der Waals surface area contributed by atoms with Crippen molar-refractivity contribution in [3.8, 4) is 22.5 Å². The maximum atomic E-state index is 2.45. The molecule has 3 heteroatoms. The Bertz CT molecular complexity index is 3510. The standard InChI is InChI=1S/C56H37N3/c1-2-19-43(20-3-1)58-53-25-11-10-24-50(53)51-32-30-41(36-56(51)58)42-34-45(37-46(35-42)59-54-26-12-8-22-48(54)49-23-9-13-27-55(49)59)57(44-31-29-38-15-4-5-17-40(38)33-44)52-28-14-18-39-16-6-7-21-47(39)52/h1-37H. The third kappa shape index (κ3) is 5.36. The van der Waals surface area contributed by atoms with Gasteiger partial charge < -0.3 is 14.0 Å². The van der Waals surface area contributed by atoms with Crippen molar-refractivity contribution >= 4 is 82.2 Å². The van der Waals surface area contributed by atoms with Gasteiger partial charge in [0, 0.05) is 49.7 Å². The number of hydrogen-bond acceptors (Lipinski definition) is 1. The van der Waals surface area contributed by atoms with Crippen LogP contribution in [0.3, 0.4) is 0 Å². The number of hydrogen-bond donors (Lipinski definition) is 0. The molecule has 0 aliphatic heterocycles. The number of nitrogens with zero attached hydrogens (tertiary/aromatic N) is 3. The lowest BCUT2D eigenvalue weighted by molar-refractivity contribution is 1.17. The second-order valence-electron chi connectivity index (χ2n) is 15.4. The summed E-state index contributed by atoms with van der Waals surface area (Å²) in [6.07, 6.45) is 0. The van der Waals surface area contributed by atoms with E-state index in [9.17, 15) is 0 Å². The average Bonchev–Trinajstić information content (AvgIpc) is 3.82. The van der Waals surface area contributed by atoms with E-state index in [1.807, 2.05) is 0 Å². The Morgan fingerprint density at radius 2 is 0.831 bits per heavy atom. The van der Waals surface area contributed by atoms with E-state index in [0.717, 1.165) is 39.6 Å². The summed E-state index contributed by atoms with van der Waals surface area (Å²) in [5.74, 6) is 0. The third-order valence-electron chi connectivity index (χ3n) is 12.0. The highest BCUT2D eigenvalue weighted by atomic mass is 15.1. The van der Waals surface area contributed by atoms with Crippen molar-refractivity contribution in [3.63, 3.8) is 0 Å². The largest absolute Gasteiger partial charge is 0.310 e. The fourth-order valence-corrected chi connectivity index (χ4v) is 9.37. The molecule has 12 rings (SSSR count). The molecule has 0 saturated heterocycles. The highest BCUT2D eigenvalue weighted by molar-refractivity contribution is 6.11. The van der Waals surface area contributed by atoms with Gasteiger partial charge in [-0.1, -0.05) is 152 Å². The summed E-state index contributed by atoms with van der Waals surface area (Å²) in [6, 6.07) is 82.0. The first kappa shape index (κ1) is 33.3. The Morgan fingerprint density at radius 1 is 0.271 bits per heavy atom.